The monoisotopic (exact) mass is 343 g/mol. The second-order valence-electron chi connectivity index (χ2n) is 5.98. The number of thioether (sulfide) groups is 1. The van der Waals surface area contributed by atoms with Gasteiger partial charge in [-0.25, -0.2) is 4.98 Å². The van der Waals surface area contributed by atoms with Gasteiger partial charge in [0.15, 0.2) is 0 Å². The van der Waals surface area contributed by atoms with Crippen LogP contribution in [0.25, 0.3) is 11.1 Å². The molecule has 2 aromatic rings. The highest BCUT2D eigenvalue weighted by atomic mass is 32.2. The first-order valence-corrected chi connectivity index (χ1v) is 9.24. The molecule has 0 aliphatic heterocycles. The molecule has 24 heavy (non-hydrogen) atoms. The molecule has 1 fully saturated rings. The van der Waals surface area contributed by atoms with E-state index >= 15 is 0 Å². The van der Waals surface area contributed by atoms with Crippen LogP contribution in [0, 0.1) is 5.92 Å². The first-order valence-electron chi connectivity index (χ1n) is 8.25. The zero-order valence-electron chi connectivity index (χ0n) is 13.5. The molecule has 1 saturated carbocycles. The van der Waals surface area contributed by atoms with E-state index in [0.717, 1.165) is 28.4 Å². The Hall–Kier alpha value is -2.01. The lowest BCUT2D eigenvalue weighted by Crippen LogP contribution is -2.02. The Bertz CT molecular complexity index is 683. The summed E-state index contributed by atoms with van der Waals surface area (Å²) in [6, 6.07) is 12.2. The van der Waals surface area contributed by atoms with Gasteiger partial charge >= 0.3 is 5.97 Å². The van der Waals surface area contributed by atoms with Gasteiger partial charge in [0.2, 0.25) is 5.88 Å². The maximum atomic E-state index is 10.5. The molecule has 0 radical (unpaired) electrons. The predicted octanol–water partition coefficient (Wildman–Crippen LogP) is 4.49. The van der Waals surface area contributed by atoms with Crippen molar-refractivity contribution in [2.45, 2.75) is 30.6 Å². The van der Waals surface area contributed by atoms with E-state index in [4.69, 9.17) is 9.84 Å². The Kier molecular flexibility index (Phi) is 5.75. The van der Waals surface area contributed by atoms with Gasteiger partial charge in [-0.05, 0) is 60.8 Å². The molecule has 3 rings (SSSR count). The third kappa shape index (κ3) is 4.99. The Morgan fingerprint density at radius 2 is 2.04 bits per heavy atom. The highest BCUT2D eigenvalue weighted by Gasteiger charge is 2.22. The zero-order valence-corrected chi connectivity index (χ0v) is 14.3. The lowest BCUT2D eigenvalue weighted by molar-refractivity contribution is -0.137. The SMILES string of the molecule is O=C(O)CCCSc1ccc(-c2cccnc2OCC2CC2)cc1. The lowest BCUT2D eigenvalue weighted by Gasteiger charge is -2.10. The van der Waals surface area contributed by atoms with Crippen LogP contribution < -0.4 is 4.74 Å². The van der Waals surface area contributed by atoms with Crippen molar-refractivity contribution in [3.05, 3.63) is 42.6 Å². The summed E-state index contributed by atoms with van der Waals surface area (Å²) in [5, 5.41) is 8.65. The van der Waals surface area contributed by atoms with Gasteiger partial charge in [-0.3, -0.25) is 4.79 Å². The van der Waals surface area contributed by atoms with E-state index in [1.54, 1.807) is 18.0 Å². The molecule has 0 atom stereocenters. The third-order valence-electron chi connectivity index (χ3n) is 3.89. The molecule has 0 spiro atoms. The van der Waals surface area contributed by atoms with Crippen LogP contribution in [-0.2, 0) is 4.79 Å². The van der Waals surface area contributed by atoms with Gasteiger partial charge in [0.05, 0.1) is 6.61 Å². The van der Waals surface area contributed by atoms with Crippen LogP contribution in [-0.4, -0.2) is 28.4 Å². The minimum Gasteiger partial charge on any atom is -0.481 e. The largest absolute Gasteiger partial charge is 0.481 e. The molecular formula is C19H21NO3S. The Labute approximate surface area is 146 Å². The highest BCUT2D eigenvalue weighted by Crippen LogP contribution is 2.33. The van der Waals surface area contributed by atoms with Gasteiger partial charge in [0, 0.05) is 23.1 Å². The van der Waals surface area contributed by atoms with E-state index in [2.05, 4.69) is 29.2 Å². The Morgan fingerprint density at radius 1 is 1.25 bits per heavy atom. The standard InChI is InChI=1S/C19H21NO3S/c21-18(22)4-2-12-24-16-9-7-15(8-10-16)17-3-1-11-20-19(17)23-13-14-5-6-14/h1,3,7-11,14H,2,4-6,12-13H2,(H,21,22). The van der Waals surface area contributed by atoms with Crippen molar-refractivity contribution < 1.29 is 14.6 Å². The summed E-state index contributed by atoms with van der Waals surface area (Å²) in [6.45, 7) is 0.752. The van der Waals surface area contributed by atoms with Crippen molar-refractivity contribution in [3.63, 3.8) is 0 Å². The molecule has 5 heteroatoms. The van der Waals surface area contributed by atoms with Crippen molar-refractivity contribution in [3.8, 4) is 17.0 Å². The van der Waals surface area contributed by atoms with Crippen molar-refractivity contribution in [1.82, 2.24) is 4.98 Å². The fraction of sp³-hybridized carbons (Fsp3) is 0.368. The van der Waals surface area contributed by atoms with Crippen molar-refractivity contribution >= 4 is 17.7 Å². The molecule has 1 aliphatic rings. The summed E-state index contributed by atoms with van der Waals surface area (Å²) in [6.07, 6.45) is 5.19. The summed E-state index contributed by atoms with van der Waals surface area (Å²) in [4.78, 5) is 16.0. The number of carbonyl (C=O) groups is 1. The summed E-state index contributed by atoms with van der Waals surface area (Å²) >= 11 is 1.68. The predicted molar refractivity (Wildman–Crippen MR) is 95.5 cm³/mol. The summed E-state index contributed by atoms with van der Waals surface area (Å²) in [5.74, 6) is 1.48. The minimum atomic E-state index is -0.735. The van der Waals surface area contributed by atoms with E-state index in [1.165, 1.54) is 12.8 Å². The number of aliphatic carboxylic acids is 1. The summed E-state index contributed by atoms with van der Waals surface area (Å²) < 4.78 is 5.88. The van der Waals surface area contributed by atoms with Crippen LogP contribution in [0.4, 0.5) is 0 Å². The van der Waals surface area contributed by atoms with Crippen LogP contribution in [0.1, 0.15) is 25.7 Å². The lowest BCUT2D eigenvalue weighted by atomic mass is 10.1. The molecule has 0 saturated heterocycles. The smallest absolute Gasteiger partial charge is 0.303 e. The number of rotatable bonds is 9. The van der Waals surface area contributed by atoms with Crippen LogP contribution >= 0.6 is 11.8 Å². The fourth-order valence-electron chi connectivity index (χ4n) is 2.35. The molecule has 0 unspecified atom stereocenters. The molecule has 0 bridgehead atoms. The van der Waals surface area contributed by atoms with E-state index in [-0.39, 0.29) is 6.42 Å². The van der Waals surface area contributed by atoms with Crippen molar-refractivity contribution in [2.75, 3.05) is 12.4 Å². The summed E-state index contributed by atoms with van der Waals surface area (Å²) in [5.41, 5.74) is 2.10. The number of hydrogen-bond acceptors (Lipinski definition) is 4. The van der Waals surface area contributed by atoms with Gasteiger partial charge in [-0.1, -0.05) is 12.1 Å². The van der Waals surface area contributed by atoms with E-state index < -0.39 is 5.97 Å². The number of nitrogens with zero attached hydrogens (tertiary/aromatic N) is 1. The molecule has 1 aromatic heterocycles. The highest BCUT2D eigenvalue weighted by molar-refractivity contribution is 7.99. The second kappa shape index (κ2) is 8.20. The second-order valence-corrected chi connectivity index (χ2v) is 7.15. The molecule has 4 nitrogen and oxygen atoms in total. The van der Waals surface area contributed by atoms with Gasteiger partial charge in [-0.2, -0.15) is 0 Å². The summed E-state index contributed by atoms with van der Waals surface area (Å²) in [7, 11) is 0. The van der Waals surface area contributed by atoms with E-state index in [0.29, 0.717) is 18.2 Å². The van der Waals surface area contributed by atoms with Gasteiger partial charge in [0.1, 0.15) is 0 Å². The third-order valence-corrected chi connectivity index (χ3v) is 4.99. The number of carboxylic acids is 1. The minimum absolute atomic E-state index is 0.225. The molecule has 1 N–H and O–H groups in total. The number of aromatic nitrogens is 1. The van der Waals surface area contributed by atoms with Gasteiger partial charge < -0.3 is 9.84 Å². The Morgan fingerprint density at radius 3 is 2.75 bits per heavy atom. The van der Waals surface area contributed by atoms with Gasteiger partial charge in [0.25, 0.3) is 0 Å². The van der Waals surface area contributed by atoms with E-state index in [1.807, 2.05) is 12.1 Å². The average Bonchev–Trinajstić information content (AvgIpc) is 3.42. The first kappa shape index (κ1) is 16.8. The van der Waals surface area contributed by atoms with E-state index in [9.17, 15) is 4.79 Å². The first-order chi connectivity index (χ1) is 11.7. The molecule has 1 heterocycles. The number of benzene rings is 1. The average molecular weight is 343 g/mol. The fourth-order valence-corrected chi connectivity index (χ4v) is 3.20. The van der Waals surface area contributed by atoms with Crippen molar-refractivity contribution in [2.24, 2.45) is 5.92 Å². The molecule has 1 aromatic carbocycles. The molecule has 0 amide bonds. The quantitative estimate of drug-likeness (QED) is 0.537. The molecule has 1 aliphatic carbocycles. The number of hydrogen-bond donors (Lipinski definition) is 1. The van der Waals surface area contributed by atoms with Gasteiger partial charge in [-0.15, -0.1) is 11.8 Å². The number of pyridine rings is 1. The number of carboxylic acid groups (broad SMARTS) is 1. The maximum absolute atomic E-state index is 10.5. The van der Waals surface area contributed by atoms with Crippen LogP contribution in [0.5, 0.6) is 5.88 Å². The van der Waals surface area contributed by atoms with Crippen molar-refractivity contribution in [1.29, 1.82) is 0 Å². The maximum Gasteiger partial charge on any atom is 0.303 e. The normalized spacial score (nSPS) is 13.7. The molecule has 126 valence electrons. The van der Waals surface area contributed by atoms with Crippen LogP contribution in [0.15, 0.2) is 47.5 Å². The topological polar surface area (TPSA) is 59.4 Å². The Balaban J connectivity index is 1.61. The zero-order chi connectivity index (χ0) is 16.8. The number of ether oxygens (including phenoxy) is 1. The van der Waals surface area contributed by atoms with Crippen LogP contribution in [0.2, 0.25) is 0 Å². The molecular weight excluding hydrogens is 322 g/mol. The van der Waals surface area contributed by atoms with Crippen LogP contribution in [0.3, 0.4) is 0 Å².